The molecule has 1 aliphatic carbocycles. The van der Waals surface area contributed by atoms with Crippen molar-refractivity contribution >= 4 is 5.91 Å². The van der Waals surface area contributed by atoms with Crippen molar-refractivity contribution in [1.29, 1.82) is 0 Å². The zero-order chi connectivity index (χ0) is 17.3. The largest absolute Gasteiger partial charge is 0.338 e. The Kier molecular flexibility index (Phi) is 4.86. The first-order valence-electron chi connectivity index (χ1n) is 10.3. The number of carbonyl (C=O) groups excluding carboxylic acids is 1. The number of amides is 1. The van der Waals surface area contributed by atoms with Crippen molar-refractivity contribution in [3.05, 3.63) is 35.4 Å². The lowest BCUT2D eigenvalue weighted by Crippen LogP contribution is -2.48. The van der Waals surface area contributed by atoms with E-state index in [2.05, 4.69) is 41.0 Å². The van der Waals surface area contributed by atoms with Gasteiger partial charge in [0.1, 0.15) is 0 Å². The van der Waals surface area contributed by atoms with Crippen LogP contribution in [0.4, 0.5) is 0 Å². The van der Waals surface area contributed by atoms with Crippen LogP contribution in [0.5, 0.6) is 0 Å². The van der Waals surface area contributed by atoms with Crippen molar-refractivity contribution in [3.63, 3.8) is 0 Å². The minimum Gasteiger partial charge on any atom is -0.338 e. The molecule has 1 aromatic carbocycles. The smallest absolute Gasteiger partial charge is 0.225 e. The predicted octanol–water partition coefficient (Wildman–Crippen LogP) is 3.86. The Hall–Kier alpha value is -1.35. The fraction of sp³-hybridized carbons (Fsp3) is 0.682. The van der Waals surface area contributed by atoms with E-state index in [4.69, 9.17) is 0 Å². The molecular weight excluding hydrogens is 308 g/mol. The van der Waals surface area contributed by atoms with Crippen LogP contribution in [0.1, 0.15) is 56.6 Å². The molecule has 3 heteroatoms. The van der Waals surface area contributed by atoms with Gasteiger partial charge in [0.2, 0.25) is 5.91 Å². The maximum Gasteiger partial charge on any atom is 0.225 e. The molecule has 1 saturated carbocycles. The van der Waals surface area contributed by atoms with Gasteiger partial charge < -0.3 is 9.80 Å². The van der Waals surface area contributed by atoms with Crippen LogP contribution in [0.15, 0.2) is 24.3 Å². The summed E-state index contributed by atoms with van der Waals surface area (Å²) in [4.78, 5) is 18.0. The number of hydrogen-bond acceptors (Lipinski definition) is 2. The molecule has 1 amide bonds. The predicted molar refractivity (Wildman–Crippen MR) is 101 cm³/mol. The first-order valence-corrected chi connectivity index (χ1v) is 10.3. The third-order valence-corrected chi connectivity index (χ3v) is 6.95. The lowest BCUT2D eigenvalue weighted by molar-refractivity contribution is -0.138. The van der Waals surface area contributed by atoms with Crippen LogP contribution in [0.3, 0.4) is 0 Å². The molecule has 1 aromatic rings. The summed E-state index contributed by atoms with van der Waals surface area (Å²) in [6.07, 6.45) is 8.28. The van der Waals surface area contributed by atoms with E-state index in [-0.39, 0.29) is 11.3 Å². The lowest BCUT2D eigenvalue weighted by atomic mass is 9.73. The zero-order valence-electron chi connectivity index (χ0n) is 15.7. The quantitative estimate of drug-likeness (QED) is 0.816. The number of likely N-dealkylation sites (tertiary alicyclic amines) is 1. The second-order valence-corrected chi connectivity index (χ2v) is 8.56. The number of nitrogens with zero attached hydrogens (tertiary/aromatic N) is 2. The van der Waals surface area contributed by atoms with E-state index in [1.165, 1.54) is 49.9 Å². The summed E-state index contributed by atoms with van der Waals surface area (Å²) < 4.78 is 0. The molecule has 0 bridgehead atoms. The molecule has 3 aliphatic rings. The molecule has 25 heavy (non-hydrogen) atoms. The minimum absolute atomic E-state index is 0.284. The maximum atomic E-state index is 13.2. The normalized spacial score (nSPS) is 24.3. The molecule has 2 fully saturated rings. The molecule has 136 valence electrons. The molecule has 0 N–H and O–H groups in total. The number of fused-ring (bicyclic) bond motifs is 1. The fourth-order valence-electron chi connectivity index (χ4n) is 5.28. The lowest BCUT2D eigenvalue weighted by Gasteiger charge is -2.43. The Bertz CT molecular complexity index is 612. The van der Waals surface area contributed by atoms with Crippen molar-refractivity contribution in [2.45, 2.75) is 58.4 Å². The van der Waals surface area contributed by atoms with E-state index in [0.717, 1.165) is 38.9 Å². The maximum absolute atomic E-state index is 13.2. The van der Waals surface area contributed by atoms with Crippen LogP contribution in [-0.4, -0.2) is 41.9 Å². The van der Waals surface area contributed by atoms with Crippen LogP contribution in [0, 0.1) is 11.3 Å². The Morgan fingerprint density at radius 3 is 2.48 bits per heavy atom. The second-order valence-electron chi connectivity index (χ2n) is 8.56. The summed E-state index contributed by atoms with van der Waals surface area (Å²) in [5.41, 5.74) is 3.14. The molecule has 0 atom stereocenters. The second kappa shape index (κ2) is 7.11. The molecule has 0 radical (unpaired) electrons. The van der Waals surface area contributed by atoms with Crippen LogP contribution in [0.25, 0.3) is 0 Å². The molecule has 4 rings (SSSR count). The number of carbonyl (C=O) groups is 1. The molecule has 1 saturated heterocycles. The van der Waals surface area contributed by atoms with E-state index in [9.17, 15) is 4.79 Å². The third kappa shape index (κ3) is 3.48. The van der Waals surface area contributed by atoms with Crippen molar-refractivity contribution in [2.24, 2.45) is 11.3 Å². The average Bonchev–Trinajstić information content (AvgIpc) is 3.12. The van der Waals surface area contributed by atoms with Gasteiger partial charge in [-0.3, -0.25) is 4.79 Å². The van der Waals surface area contributed by atoms with Crippen LogP contribution < -0.4 is 0 Å². The summed E-state index contributed by atoms with van der Waals surface area (Å²) >= 11 is 0. The van der Waals surface area contributed by atoms with Gasteiger partial charge in [0, 0.05) is 19.0 Å². The Labute approximate surface area is 152 Å². The van der Waals surface area contributed by atoms with E-state index in [1.54, 1.807) is 0 Å². The molecule has 2 aliphatic heterocycles. The molecule has 1 spiro atoms. The van der Waals surface area contributed by atoms with Gasteiger partial charge in [-0.15, -0.1) is 0 Å². The first-order chi connectivity index (χ1) is 12.2. The molecule has 0 aromatic heterocycles. The van der Waals surface area contributed by atoms with Gasteiger partial charge in [0.05, 0.1) is 0 Å². The monoisotopic (exact) mass is 340 g/mol. The highest BCUT2D eigenvalue weighted by Crippen LogP contribution is 2.40. The molecule has 0 unspecified atom stereocenters. The van der Waals surface area contributed by atoms with Crippen molar-refractivity contribution in [1.82, 2.24) is 9.80 Å². The Morgan fingerprint density at radius 1 is 1.12 bits per heavy atom. The SMILES string of the molecule is CCN1CCC2(CC1)Cc1ccccc1CN(C(=O)C1CCCC1)C2. The van der Waals surface area contributed by atoms with Gasteiger partial charge in [-0.2, -0.15) is 0 Å². The van der Waals surface area contributed by atoms with Gasteiger partial charge in [-0.1, -0.05) is 44.0 Å². The number of hydrogen-bond donors (Lipinski definition) is 0. The first kappa shape index (κ1) is 17.1. The van der Waals surface area contributed by atoms with E-state index < -0.39 is 0 Å². The van der Waals surface area contributed by atoms with Gasteiger partial charge in [-0.25, -0.2) is 0 Å². The number of piperidine rings is 1. The molecule has 3 nitrogen and oxygen atoms in total. The summed E-state index contributed by atoms with van der Waals surface area (Å²) in [6, 6.07) is 8.84. The highest BCUT2D eigenvalue weighted by Gasteiger charge is 2.40. The van der Waals surface area contributed by atoms with Gasteiger partial charge >= 0.3 is 0 Å². The van der Waals surface area contributed by atoms with Crippen molar-refractivity contribution < 1.29 is 4.79 Å². The van der Waals surface area contributed by atoms with Crippen LogP contribution in [0.2, 0.25) is 0 Å². The molecule has 2 heterocycles. The average molecular weight is 341 g/mol. The van der Waals surface area contributed by atoms with E-state index >= 15 is 0 Å². The Balaban J connectivity index is 1.61. The van der Waals surface area contributed by atoms with Gasteiger partial charge in [0.25, 0.3) is 0 Å². The van der Waals surface area contributed by atoms with Crippen LogP contribution >= 0.6 is 0 Å². The summed E-state index contributed by atoms with van der Waals surface area (Å²) in [6.45, 7) is 7.57. The number of rotatable bonds is 2. The van der Waals surface area contributed by atoms with Crippen molar-refractivity contribution in [3.8, 4) is 0 Å². The third-order valence-electron chi connectivity index (χ3n) is 6.95. The number of benzene rings is 1. The fourth-order valence-corrected chi connectivity index (χ4v) is 5.28. The topological polar surface area (TPSA) is 23.6 Å². The van der Waals surface area contributed by atoms with Gasteiger partial charge in [-0.05, 0) is 68.3 Å². The summed E-state index contributed by atoms with van der Waals surface area (Å²) in [5.74, 6) is 0.726. The Morgan fingerprint density at radius 2 is 1.80 bits per heavy atom. The van der Waals surface area contributed by atoms with Crippen molar-refractivity contribution in [2.75, 3.05) is 26.2 Å². The standard InChI is InChI=1S/C22H32N2O/c1-2-23-13-11-22(12-14-23)15-19-9-5-6-10-20(19)16-24(17-22)21(25)18-7-3-4-8-18/h5-6,9-10,18H,2-4,7-8,11-17H2,1H3. The highest BCUT2D eigenvalue weighted by atomic mass is 16.2. The van der Waals surface area contributed by atoms with Crippen LogP contribution in [-0.2, 0) is 17.8 Å². The van der Waals surface area contributed by atoms with Gasteiger partial charge in [0.15, 0.2) is 0 Å². The van der Waals surface area contributed by atoms with E-state index in [0.29, 0.717) is 5.91 Å². The zero-order valence-corrected chi connectivity index (χ0v) is 15.7. The summed E-state index contributed by atoms with van der Waals surface area (Å²) in [7, 11) is 0. The molecular formula is C22H32N2O. The van der Waals surface area contributed by atoms with E-state index in [1.807, 2.05) is 0 Å². The highest BCUT2D eigenvalue weighted by molar-refractivity contribution is 5.79. The minimum atomic E-state index is 0.284. The summed E-state index contributed by atoms with van der Waals surface area (Å²) in [5, 5.41) is 0.